The van der Waals surface area contributed by atoms with E-state index < -0.39 is 11.7 Å². The molecule has 1 heterocycles. The van der Waals surface area contributed by atoms with Gasteiger partial charge in [0, 0.05) is 12.0 Å². The number of thioether (sulfide) groups is 1. The summed E-state index contributed by atoms with van der Waals surface area (Å²) in [5.74, 6) is -0.382. The number of benzene rings is 1. The molecule has 1 aromatic carbocycles. The number of hydrogen-bond acceptors (Lipinski definition) is 5. The van der Waals surface area contributed by atoms with E-state index in [0.717, 1.165) is 18.9 Å². The van der Waals surface area contributed by atoms with Crippen molar-refractivity contribution in [2.24, 2.45) is 0 Å². The first-order valence-electron chi connectivity index (χ1n) is 8.29. The van der Waals surface area contributed by atoms with Crippen LogP contribution in [-0.4, -0.2) is 37.9 Å². The van der Waals surface area contributed by atoms with Gasteiger partial charge >= 0.3 is 6.18 Å². The van der Waals surface area contributed by atoms with Crippen LogP contribution in [0.1, 0.15) is 42.3 Å². The molecule has 10 heteroatoms. The van der Waals surface area contributed by atoms with E-state index in [2.05, 4.69) is 20.8 Å². The van der Waals surface area contributed by atoms with Gasteiger partial charge in [-0.05, 0) is 41.3 Å². The summed E-state index contributed by atoms with van der Waals surface area (Å²) in [7, 11) is 0. The fourth-order valence-corrected chi connectivity index (χ4v) is 3.74. The molecule has 0 spiro atoms. The van der Waals surface area contributed by atoms with E-state index in [0.29, 0.717) is 17.6 Å². The van der Waals surface area contributed by atoms with Crippen molar-refractivity contribution in [3.05, 3.63) is 35.4 Å². The van der Waals surface area contributed by atoms with Gasteiger partial charge in [0.2, 0.25) is 11.1 Å². The number of carbonyl (C=O) groups is 1. The Hall–Kier alpha value is -2.10. The van der Waals surface area contributed by atoms with Crippen molar-refractivity contribution in [2.45, 2.75) is 48.6 Å². The zero-order chi connectivity index (χ0) is 18.3. The molecule has 1 N–H and O–H groups in total. The second kappa shape index (κ2) is 6.57. The van der Waals surface area contributed by atoms with Crippen LogP contribution in [0.15, 0.2) is 29.4 Å². The number of nitrogens with zero attached hydrogens (tertiary/aromatic N) is 4. The molecule has 26 heavy (non-hydrogen) atoms. The number of aromatic nitrogens is 4. The van der Waals surface area contributed by atoms with E-state index in [1.165, 1.54) is 23.9 Å². The van der Waals surface area contributed by atoms with Crippen LogP contribution < -0.4 is 5.32 Å². The summed E-state index contributed by atoms with van der Waals surface area (Å²) in [6.07, 6.45) is -1.80. The Bertz CT molecular complexity index is 820. The Labute approximate surface area is 151 Å². The van der Waals surface area contributed by atoms with E-state index >= 15 is 0 Å². The van der Waals surface area contributed by atoms with Crippen molar-refractivity contribution in [2.75, 3.05) is 5.75 Å². The number of hydrogen-bond donors (Lipinski definition) is 1. The molecule has 0 bridgehead atoms. The lowest BCUT2D eigenvalue weighted by Gasteiger charge is -2.12. The standard InChI is InChI=1S/C16H16F3N5OS/c17-16(18,19)12-4-2-1-3-10(12)11-7-13(11)20-14(25)8-26-15-21-22-23-24(15)9-5-6-9/h1-4,9,11,13H,5-8H2,(H,20,25)/t11-,13-/m0/s1. The molecule has 4 rings (SSSR count). The SMILES string of the molecule is O=C(CSc1nnnn1C1CC1)N[C@H]1C[C@H]1c1ccccc1C(F)(F)F. The van der Waals surface area contributed by atoms with E-state index in [1.807, 2.05) is 0 Å². The van der Waals surface area contributed by atoms with Crippen molar-refractivity contribution in [3.8, 4) is 0 Å². The molecule has 1 aromatic heterocycles. The molecule has 0 radical (unpaired) electrons. The summed E-state index contributed by atoms with van der Waals surface area (Å²) in [6, 6.07) is 5.60. The lowest BCUT2D eigenvalue weighted by atomic mass is 10.0. The van der Waals surface area contributed by atoms with Gasteiger partial charge < -0.3 is 5.32 Å². The zero-order valence-corrected chi connectivity index (χ0v) is 14.4. The van der Waals surface area contributed by atoms with Crippen LogP contribution in [-0.2, 0) is 11.0 Å². The van der Waals surface area contributed by atoms with Crippen molar-refractivity contribution >= 4 is 17.7 Å². The molecule has 2 atom stereocenters. The summed E-state index contributed by atoms with van der Waals surface area (Å²) in [5, 5.41) is 14.8. The summed E-state index contributed by atoms with van der Waals surface area (Å²) < 4.78 is 41.0. The van der Waals surface area contributed by atoms with E-state index in [9.17, 15) is 18.0 Å². The minimum absolute atomic E-state index is 0.136. The zero-order valence-electron chi connectivity index (χ0n) is 13.6. The number of nitrogens with one attached hydrogen (secondary N) is 1. The average Bonchev–Trinajstić information content (AvgIpc) is 3.52. The maximum atomic E-state index is 13.1. The van der Waals surface area contributed by atoms with Crippen molar-refractivity contribution in [3.63, 3.8) is 0 Å². The number of rotatable bonds is 6. The first-order chi connectivity index (χ1) is 12.4. The Morgan fingerprint density at radius 3 is 2.81 bits per heavy atom. The highest BCUT2D eigenvalue weighted by molar-refractivity contribution is 7.99. The Morgan fingerprint density at radius 2 is 2.08 bits per heavy atom. The van der Waals surface area contributed by atoms with Crippen LogP contribution >= 0.6 is 11.8 Å². The molecule has 2 saturated carbocycles. The van der Waals surface area contributed by atoms with Gasteiger partial charge in [-0.2, -0.15) is 13.2 Å². The first kappa shape index (κ1) is 17.3. The fraction of sp³-hybridized carbons (Fsp3) is 0.500. The van der Waals surface area contributed by atoms with Gasteiger partial charge in [-0.15, -0.1) is 5.10 Å². The maximum Gasteiger partial charge on any atom is 0.416 e. The van der Waals surface area contributed by atoms with Crippen LogP contribution in [0.25, 0.3) is 0 Å². The predicted octanol–water partition coefficient (Wildman–Crippen LogP) is 2.79. The highest BCUT2D eigenvalue weighted by atomic mass is 32.2. The molecule has 0 saturated heterocycles. The molecule has 2 aromatic rings. The molecule has 6 nitrogen and oxygen atoms in total. The summed E-state index contributed by atoms with van der Waals surface area (Å²) >= 11 is 1.24. The van der Waals surface area contributed by atoms with E-state index in [4.69, 9.17) is 0 Å². The van der Waals surface area contributed by atoms with Gasteiger partial charge in [0.05, 0.1) is 17.4 Å². The monoisotopic (exact) mass is 383 g/mol. The van der Waals surface area contributed by atoms with Crippen molar-refractivity contribution in [1.82, 2.24) is 25.5 Å². The number of amides is 1. The minimum Gasteiger partial charge on any atom is -0.352 e. The van der Waals surface area contributed by atoms with Gasteiger partial charge in [0.25, 0.3) is 0 Å². The van der Waals surface area contributed by atoms with E-state index in [1.54, 1.807) is 10.7 Å². The minimum atomic E-state index is -4.39. The van der Waals surface area contributed by atoms with Gasteiger partial charge in [0.1, 0.15) is 0 Å². The second-order valence-electron chi connectivity index (χ2n) is 6.53. The molecular formula is C16H16F3N5OS. The summed E-state index contributed by atoms with van der Waals surface area (Å²) in [5.41, 5.74) is -0.379. The lowest BCUT2D eigenvalue weighted by Crippen LogP contribution is -2.28. The largest absolute Gasteiger partial charge is 0.416 e. The third-order valence-electron chi connectivity index (χ3n) is 4.49. The van der Waals surface area contributed by atoms with Crippen molar-refractivity contribution in [1.29, 1.82) is 0 Å². The molecule has 0 aliphatic heterocycles. The topological polar surface area (TPSA) is 72.7 Å². The normalized spacial score (nSPS) is 22.3. The van der Waals surface area contributed by atoms with Crippen LogP contribution in [0.3, 0.4) is 0 Å². The Morgan fingerprint density at radius 1 is 1.31 bits per heavy atom. The molecule has 2 fully saturated rings. The Kier molecular flexibility index (Phi) is 4.37. The molecule has 1 amide bonds. The van der Waals surface area contributed by atoms with Crippen LogP contribution in [0.5, 0.6) is 0 Å². The average molecular weight is 383 g/mol. The number of alkyl halides is 3. The quantitative estimate of drug-likeness (QED) is 0.777. The highest BCUT2D eigenvalue weighted by Gasteiger charge is 2.44. The number of tetrazole rings is 1. The predicted molar refractivity (Wildman–Crippen MR) is 87.5 cm³/mol. The van der Waals surface area contributed by atoms with Gasteiger partial charge in [-0.1, -0.05) is 30.0 Å². The third-order valence-corrected chi connectivity index (χ3v) is 5.42. The molecule has 138 valence electrons. The molecule has 0 unspecified atom stereocenters. The van der Waals surface area contributed by atoms with Gasteiger partial charge in [0.15, 0.2) is 0 Å². The first-order valence-corrected chi connectivity index (χ1v) is 9.28. The smallest absolute Gasteiger partial charge is 0.352 e. The lowest BCUT2D eigenvalue weighted by molar-refractivity contribution is -0.138. The van der Waals surface area contributed by atoms with Crippen LogP contribution in [0, 0.1) is 0 Å². The summed E-state index contributed by atoms with van der Waals surface area (Å²) in [4.78, 5) is 12.1. The Balaban J connectivity index is 1.32. The molecular weight excluding hydrogens is 367 g/mol. The maximum absolute atomic E-state index is 13.1. The van der Waals surface area contributed by atoms with Crippen LogP contribution in [0.4, 0.5) is 13.2 Å². The molecule has 2 aliphatic rings. The van der Waals surface area contributed by atoms with E-state index in [-0.39, 0.29) is 29.2 Å². The van der Waals surface area contributed by atoms with Crippen molar-refractivity contribution < 1.29 is 18.0 Å². The van der Waals surface area contributed by atoms with Gasteiger partial charge in [-0.3, -0.25) is 4.79 Å². The third kappa shape index (κ3) is 3.69. The van der Waals surface area contributed by atoms with Crippen LogP contribution in [0.2, 0.25) is 0 Å². The number of halogens is 3. The highest BCUT2D eigenvalue weighted by Crippen LogP contribution is 2.46. The summed E-state index contributed by atoms with van der Waals surface area (Å²) in [6.45, 7) is 0. The van der Waals surface area contributed by atoms with Gasteiger partial charge in [-0.25, -0.2) is 4.68 Å². The molecule has 2 aliphatic carbocycles. The fourth-order valence-electron chi connectivity index (χ4n) is 2.98. The number of carbonyl (C=O) groups excluding carboxylic acids is 1. The second-order valence-corrected chi connectivity index (χ2v) is 7.47.